The van der Waals surface area contributed by atoms with Crippen LogP contribution in [0.2, 0.25) is 0 Å². The molecule has 2 amide bonds. The Hall–Kier alpha value is -2.67. The van der Waals surface area contributed by atoms with Crippen molar-refractivity contribution in [3.8, 4) is 0 Å². The van der Waals surface area contributed by atoms with E-state index >= 15 is 0 Å². The lowest BCUT2D eigenvalue weighted by atomic mass is 9.98. The zero-order chi connectivity index (χ0) is 18.5. The summed E-state index contributed by atoms with van der Waals surface area (Å²) in [6.07, 6.45) is 3.69. The summed E-state index contributed by atoms with van der Waals surface area (Å²) < 4.78 is 1.60. The molecule has 1 atom stereocenters. The van der Waals surface area contributed by atoms with Gasteiger partial charge in [0.15, 0.2) is 0 Å². The first-order valence-corrected chi connectivity index (χ1v) is 9.01. The summed E-state index contributed by atoms with van der Waals surface area (Å²) in [5.74, 6) is 0.557. The molecule has 1 unspecified atom stereocenters. The second-order valence-corrected chi connectivity index (χ2v) is 6.52. The Morgan fingerprint density at radius 1 is 1.27 bits per heavy atom. The number of hydrogen-bond donors (Lipinski definition) is 3. The molecular formula is C19H25N5O2. The van der Waals surface area contributed by atoms with Gasteiger partial charge >= 0.3 is 0 Å². The van der Waals surface area contributed by atoms with Gasteiger partial charge in [0.1, 0.15) is 11.4 Å². The van der Waals surface area contributed by atoms with Gasteiger partial charge in [0, 0.05) is 19.2 Å². The van der Waals surface area contributed by atoms with Crippen LogP contribution in [0.25, 0.3) is 0 Å². The predicted molar refractivity (Wildman–Crippen MR) is 100 cm³/mol. The largest absolute Gasteiger partial charge is 0.355 e. The molecule has 2 heterocycles. The Labute approximate surface area is 153 Å². The van der Waals surface area contributed by atoms with E-state index in [4.69, 9.17) is 0 Å². The molecule has 1 fully saturated rings. The Morgan fingerprint density at radius 3 is 2.65 bits per heavy atom. The lowest BCUT2D eigenvalue weighted by Gasteiger charge is -2.11. The Morgan fingerprint density at radius 2 is 2.04 bits per heavy atom. The lowest BCUT2D eigenvalue weighted by Crippen LogP contribution is -2.22. The number of nitrogens with zero attached hydrogens (tertiary/aromatic N) is 2. The standard InChI is InChI=1S/C19H25N5O2/c1-3-24-17(16(12-22-24)19(26)20-2)23-18(25)15-6-4-13(5-7-15)10-14-8-9-21-11-14/h4-7,12,14,21H,3,8-11H2,1-2H3,(H,20,26)(H,23,25). The van der Waals surface area contributed by atoms with Crippen LogP contribution in [0.4, 0.5) is 5.82 Å². The number of carbonyl (C=O) groups is 2. The highest BCUT2D eigenvalue weighted by Crippen LogP contribution is 2.18. The summed E-state index contributed by atoms with van der Waals surface area (Å²) in [4.78, 5) is 24.6. The van der Waals surface area contributed by atoms with Gasteiger partial charge in [-0.3, -0.25) is 9.59 Å². The van der Waals surface area contributed by atoms with E-state index in [0.717, 1.165) is 19.5 Å². The summed E-state index contributed by atoms with van der Waals surface area (Å²) in [7, 11) is 1.55. The summed E-state index contributed by atoms with van der Waals surface area (Å²) in [5, 5.41) is 12.9. The first-order chi connectivity index (χ1) is 12.6. The number of hydrogen-bond acceptors (Lipinski definition) is 4. The molecule has 7 nitrogen and oxygen atoms in total. The first kappa shape index (κ1) is 18.1. The molecule has 2 aromatic rings. The molecule has 1 aliphatic rings. The minimum absolute atomic E-state index is 0.251. The second-order valence-electron chi connectivity index (χ2n) is 6.52. The monoisotopic (exact) mass is 355 g/mol. The quantitative estimate of drug-likeness (QED) is 0.735. The van der Waals surface area contributed by atoms with Gasteiger partial charge in [-0.2, -0.15) is 5.10 Å². The van der Waals surface area contributed by atoms with E-state index in [1.807, 2.05) is 31.2 Å². The van der Waals surface area contributed by atoms with E-state index in [-0.39, 0.29) is 11.8 Å². The number of amides is 2. The van der Waals surface area contributed by atoms with E-state index in [1.54, 1.807) is 11.7 Å². The van der Waals surface area contributed by atoms with Crippen LogP contribution in [-0.4, -0.2) is 41.7 Å². The summed E-state index contributed by atoms with van der Waals surface area (Å²) in [6, 6.07) is 7.67. The highest BCUT2D eigenvalue weighted by Gasteiger charge is 2.19. The Balaban J connectivity index is 1.71. The minimum Gasteiger partial charge on any atom is -0.355 e. The molecule has 1 aromatic heterocycles. The second kappa shape index (κ2) is 8.14. The predicted octanol–water partition coefficient (Wildman–Crippen LogP) is 1.67. The number of nitrogens with one attached hydrogen (secondary N) is 3. The van der Waals surface area contributed by atoms with Gasteiger partial charge in [-0.1, -0.05) is 12.1 Å². The fraction of sp³-hybridized carbons (Fsp3) is 0.421. The fourth-order valence-corrected chi connectivity index (χ4v) is 3.25. The Bertz CT molecular complexity index is 776. The van der Waals surface area contributed by atoms with Gasteiger partial charge in [0.05, 0.1) is 6.20 Å². The average molecular weight is 355 g/mol. The molecule has 1 aliphatic heterocycles. The third kappa shape index (κ3) is 3.94. The van der Waals surface area contributed by atoms with Gasteiger partial charge in [-0.05, 0) is 56.5 Å². The van der Waals surface area contributed by atoms with Gasteiger partial charge < -0.3 is 16.0 Å². The molecule has 0 radical (unpaired) electrons. The third-order valence-corrected chi connectivity index (χ3v) is 4.75. The molecule has 0 aliphatic carbocycles. The number of carbonyl (C=O) groups excluding carboxylic acids is 2. The highest BCUT2D eigenvalue weighted by atomic mass is 16.2. The lowest BCUT2D eigenvalue weighted by molar-refractivity contribution is 0.0964. The molecule has 138 valence electrons. The van der Waals surface area contributed by atoms with Crippen LogP contribution in [0.15, 0.2) is 30.5 Å². The number of anilines is 1. The molecular weight excluding hydrogens is 330 g/mol. The minimum atomic E-state index is -0.277. The van der Waals surface area contributed by atoms with E-state index in [9.17, 15) is 9.59 Å². The van der Waals surface area contributed by atoms with Crippen molar-refractivity contribution in [3.63, 3.8) is 0 Å². The normalized spacial score (nSPS) is 16.5. The van der Waals surface area contributed by atoms with Crippen LogP contribution in [0.3, 0.4) is 0 Å². The highest BCUT2D eigenvalue weighted by molar-refractivity contribution is 6.08. The summed E-state index contributed by atoms with van der Waals surface area (Å²) in [5.41, 5.74) is 2.15. The van der Waals surface area contributed by atoms with Crippen LogP contribution >= 0.6 is 0 Å². The van der Waals surface area contributed by atoms with E-state index in [1.165, 1.54) is 18.2 Å². The molecule has 0 bridgehead atoms. The van der Waals surface area contributed by atoms with Crippen LogP contribution in [0.1, 0.15) is 39.6 Å². The first-order valence-electron chi connectivity index (χ1n) is 9.01. The van der Waals surface area contributed by atoms with Gasteiger partial charge in [-0.25, -0.2) is 4.68 Å². The SMILES string of the molecule is CCn1ncc(C(=O)NC)c1NC(=O)c1ccc(CC2CCNC2)cc1. The maximum Gasteiger partial charge on any atom is 0.256 e. The number of benzene rings is 1. The third-order valence-electron chi connectivity index (χ3n) is 4.75. The van der Waals surface area contributed by atoms with Gasteiger partial charge in [0.25, 0.3) is 11.8 Å². The molecule has 26 heavy (non-hydrogen) atoms. The van der Waals surface area contributed by atoms with Crippen molar-refractivity contribution < 1.29 is 9.59 Å². The van der Waals surface area contributed by atoms with E-state index < -0.39 is 0 Å². The zero-order valence-electron chi connectivity index (χ0n) is 15.2. The van der Waals surface area contributed by atoms with Crippen molar-refractivity contribution in [3.05, 3.63) is 47.2 Å². The van der Waals surface area contributed by atoms with Crippen molar-refractivity contribution in [2.45, 2.75) is 26.3 Å². The fourth-order valence-electron chi connectivity index (χ4n) is 3.25. The summed E-state index contributed by atoms with van der Waals surface area (Å²) >= 11 is 0. The maximum atomic E-state index is 12.6. The van der Waals surface area contributed by atoms with Crippen LogP contribution < -0.4 is 16.0 Å². The van der Waals surface area contributed by atoms with E-state index in [2.05, 4.69) is 21.0 Å². The average Bonchev–Trinajstić information content (AvgIpc) is 3.31. The van der Waals surface area contributed by atoms with Crippen molar-refractivity contribution in [1.82, 2.24) is 20.4 Å². The molecule has 1 aromatic carbocycles. The molecule has 0 saturated carbocycles. The zero-order valence-corrected chi connectivity index (χ0v) is 15.2. The van der Waals surface area contributed by atoms with Crippen LogP contribution in [0, 0.1) is 5.92 Å². The molecule has 3 N–H and O–H groups in total. The van der Waals surface area contributed by atoms with E-state index in [0.29, 0.717) is 29.4 Å². The van der Waals surface area contributed by atoms with Crippen LogP contribution in [0.5, 0.6) is 0 Å². The topological polar surface area (TPSA) is 88.1 Å². The van der Waals surface area contributed by atoms with Crippen molar-refractivity contribution in [2.75, 3.05) is 25.5 Å². The van der Waals surface area contributed by atoms with Crippen molar-refractivity contribution >= 4 is 17.6 Å². The summed E-state index contributed by atoms with van der Waals surface area (Å²) in [6.45, 7) is 4.61. The smallest absolute Gasteiger partial charge is 0.256 e. The van der Waals surface area contributed by atoms with Gasteiger partial charge in [-0.15, -0.1) is 0 Å². The number of aryl methyl sites for hydroxylation is 1. The molecule has 0 spiro atoms. The number of aromatic nitrogens is 2. The van der Waals surface area contributed by atoms with Crippen molar-refractivity contribution in [2.24, 2.45) is 5.92 Å². The Kier molecular flexibility index (Phi) is 5.68. The van der Waals surface area contributed by atoms with Gasteiger partial charge in [0.2, 0.25) is 0 Å². The molecule has 3 rings (SSSR count). The molecule has 1 saturated heterocycles. The molecule has 7 heteroatoms. The van der Waals surface area contributed by atoms with Crippen molar-refractivity contribution in [1.29, 1.82) is 0 Å². The number of rotatable bonds is 6. The van der Waals surface area contributed by atoms with Crippen LogP contribution in [-0.2, 0) is 13.0 Å². The maximum absolute atomic E-state index is 12.6.